The molecule has 1 unspecified atom stereocenters. The summed E-state index contributed by atoms with van der Waals surface area (Å²) >= 11 is 0. The molecule has 144 valence electrons. The lowest BCUT2D eigenvalue weighted by Gasteiger charge is -2.31. The van der Waals surface area contributed by atoms with Crippen LogP contribution in [-0.4, -0.2) is 32.3 Å². The van der Waals surface area contributed by atoms with Gasteiger partial charge in [0.15, 0.2) is 0 Å². The van der Waals surface area contributed by atoms with Crippen LogP contribution in [0.4, 0.5) is 5.69 Å². The first-order valence-corrected chi connectivity index (χ1v) is 10.7. The number of sulfonamides is 1. The average Bonchev–Trinajstić information content (AvgIpc) is 2.63. The number of piperidine rings is 1. The van der Waals surface area contributed by atoms with Crippen molar-refractivity contribution in [2.75, 3.05) is 17.8 Å². The lowest BCUT2D eigenvalue weighted by molar-refractivity contribution is 0.0683. The van der Waals surface area contributed by atoms with Gasteiger partial charge in [0.05, 0.1) is 10.6 Å². The number of anilines is 1. The molecule has 27 heavy (non-hydrogen) atoms. The zero-order valence-corrected chi connectivity index (χ0v) is 16.8. The van der Waals surface area contributed by atoms with Gasteiger partial charge in [0, 0.05) is 18.7 Å². The second-order valence-electron chi connectivity index (χ2n) is 7.45. The highest BCUT2D eigenvalue weighted by Crippen LogP contribution is 2.23. The van der Waals surface area contributed by atoms with Crippen LogP contribution in [0.2, 0.25) is 0 Å². The maximum atomic E-state index is 12.7. The number of nitrogens with zero attached hydrogens (tertiary/aromatic N) is 1. The molecule has 1 N–H and O–H groups in total. The summed E-state index contributed by atoms with van der Waals surface area (Å²) in [6.07, 6.45) is 2.18. The quantitative estimate of drug-likeness (QED) is 0.864. The molecule has 0 aliphatic carbocycles. The monoisotopic (exact) mass is 386 g/mol. The minimum absolute atomic E-state index is 0.0117. The van der Waals surface area contributed by atoms with Crippen LogP contribution in [0.15, 0.2) is 47.4 Å². The van der Waals surface area contributed by atoms with Crippen LogP contribution in [0.25, 0.3) is 0 Å². The van der Waals surface area contributed by atoms with Crippen LogP contribution in [0, 0.1) is 19.8 Å². The highest BCUT2D eigenvalue weighted by molar-refractivity contribution is 7.92. The van der Waals surface area contributed by atoms with E-state index in [0.29, 0.717) is 17.2 Å². The van der Waals surface area contributed by atoms with Crippen molar-refractivity contribution in [3.63, 3.8) is 0 Å². The number of rotatable bonds is 4. The number of hydrogen-bond acceptors (Lipinski definition) is 3. The number of amides is 1. The average molecular weight is 387 g/mol. The van der Waals surface area contributed by atoms with Gasteiger partial charge in [0.1, 0.15) is 0 Å². The Balaban J connectivity index is 1.78. The molecule has 6 heteroatoms. The number of likely N-dealkylation sites (tertiary alicyclic amines) is 1. The van der Waals surface area contributed by atoms with Crippen molar-refractivity contribution in [3.05, 3.63) is 59.2 Å². The Bertz CT molecular complexity index is 936. The van der Waals surface area contributed by atoms with Gasteiger partial charge in [-0.05, 0) is 68.5 Å². The fourth-order valence-electron chi connectivity index (χ4n) is 3.39. The Morgan fingerprint density at radius 1 is 1.11 bits per heavy atom. The Labute approximate surface area is 161 Å². The Kier molecular flexibility index (Phi) is 5.56. The van der Waals surface area contributed by atoms with Crippen LogP contribution in [0.3, 0.4) is 0 Å². The number of nitrogens with one attached hydrogen (secondary N) is 1. The van der Waals surface area contributed by atoms with Crippen molar-refractivity contribution >= 4 is 21.6 Å². The maximum Gasteiger partial charge on any atom is 0.261 e. The molecule has 1 saturated heterocycles. The van der Waals surface area contributed by atoms with Crippen molar-refractivity contribution in [2.45, 2.75) is 38.5 Å². The van der Waals surface area contributed by atoms with Crippen LogP contribution in [0.1, 0.15) is 41.3 Å². The molecule has 1 amide bonds. The minimum atomic E-state index is -3.66. The first-order chi connectivity index (χ1) is 12.8. The molecule has 0 saturated carbocycles. The molecule has 0 bridgehead atoms. The molecule has 3 rings (SSSR count). The van der Waals surface area contributed by atoms with E-state index in [1.165, 1.54) is 0 Å². The summed E-state index contributed by atoms with van der Waals surface area (Å²) in [5.74, 6) is 0.530. The van der Waals surface area contributed by atoms with E-state index in [1.807, 2.05) is 18.7 Å². The molecule has 5 nitrogen and oxygen atoms in total. The predicted molar refractivity (Wildman–Crippen MR) is 107 cm³/mol. The molecular formula is C21H26N2O3S. The smallest absolute Gasteiger partial charge is 0.261 e. The van der Waals surface area contributed by atoms with Gasteiger partial charge in [0.2, 0.25) is 0 Å². The number of carbonyl (C=O) groups excluding carboxylic acids is 1. The molecule has 1 atom stereocenters. The molecule has 1 heterocycles. The highest BCUT2D eigenvalue weighted by Gasteiger charge is 2.23. The first kappa shape index (κ1) is 19.4. The maximum absolute atomic E-state index is 12.7. The van der Waals surface area contributed by atoms with Crippen LogP contribution in [-0.2, 0) is 10.0 Å². The van der Waals surface area contributed by atoms with Gasteiger partial charge in [-0.2, -0.15) is 0 Å². The largest absolute Gasteiger partial charge is 0.338 e. The summed E-state index contributed by atoms with van der Waals surface area (Å²) in [6.45, 7) is 7.44. The molecule has 0 spiro atoms. The Morgan fingerprint density at radius 2 is 1.81 bits per heavy atom. The van der Waals surface area contributed by atoms with Gasteiger partial charge in [-0.3, -0.25) is 9.52 Å². The highest BCUT2D eigenvalue weighted by atomic mass is 32.2. The lowest BCUT2D eigenvalue weighted by Crippen LogP contribution is -2.39. The van der Waals surface area contributed by atoms with E-state index in [-0.39, 0.29) is 10.8 Å². The number of carbonyl (C=O) groups is 1. The van der Waals surface area contributed by atoms with Crippen molar-refractivity contribution in [1.29, 1.82) is 0 Å². The van der Waals surface area contributed by atoms with E-state index in [0.717, 1.165) is 37.1 Å². The summed E-state index contributed by atoms with van der Waals surface area (Å²) in [5, 5.41) is 0. The summed E-state index contributed by atoms with van der Waals surface area (Å²) in [6, 6.07) is 11.8. The molecule has 1 fully saturated rings. The van der Waals surface area contributed by atoms with Gasteiger partial charge >= 0.3 is 0 Å². The molecule has 2 aromatic carbocycles. The first-order valence-electron chi connectivity index (χ1n) is 9.26. The van der Waals surface area contributed by atoms with Crippen molar-refractivity contribution in [2.24, 2.45) is 5.92 Å². The van der Waals surface area contributed by atoms with Gasteiger partial charge in [-0.25, -0.2) is 8.42 Å². The van der Waals surface area contributed by atoms with E-state index < -0.39 is 10.0 Å². The Morgan fingerprint density at radius 3 is 2.44 bits per heavy atom. The van der Waals surface area contributed by atoms with Crippen LogP contribution in [0.5, 0.6) is 0 Å². The van der Waals surface area contributed by atoms with Crippen molar-refractivity contribution in [1.82, 2.24) is 4.90 Å². The van der Waals surface area contributed by atoms with E-state index in [1.54, 1.807) is 42.5 Å². The molecule has 1 aliphatic rings. The third kappa shape index (κ3) is 4.50. The summed E-state index contributed by atoms with van der Waals surface area (Å²) in [7, 11) is -3.66. The second-order valence-corrected chi connectivity index (χ2v) is 9.13. The van der Waals surface area contributed by atoms with Crippen molar-refractivity contribution < 1.29 is 13.2 Å². The normalized spacial score (nSPS) is 17.6. The molecule has 0 aromatic heterocycles. The van der Waals surface area contributed by atoms with Gasteiger partial charge < -0.3 is 4.90 Å². The summed E-state index contributed by atoms with van der Waals surface area (Å²) in [5.41, 5.74) is 2.81. The molecular weight excluding hydrogens is 360 g/mol. The number of hydrogen-bond donors (Lipinski definition) is 1. The van der Waals surface area contributed by atoms with Gasteiger partial charge in [-0.1, -0.05) is 24.6 Å². The van der Waals surface area contributed by atoms with Crippen LogP contribution >= 0.6 is 0 Å². The molecule has 2 aromatic rings. The molecule has 0 radical (unpaired) electrons. The third-order valence-corrected chi connectivity index (χ3v) is 6.37. The SMILES string of the molecule is Cc1ccc(S(=O)(=O)Nc2ccc(C(=O)N3CCCC(C)C3)cc2C)cc1. The van der Waals surface area contributed by atoms with E-state index in [2.05, 4.69) is 11.6 Å². The minimum Gasteiger partial charge on any atom is -0.338 e. The summed E-state index contributed by atoms with van der Waals surface area (Å²) in [4.78, 5) is 14.8. The topological polar surface area (TPSA) is 66.5 Å². The Hall–Kier alpha value is -2.34. The summed E-state index contributed by atoms with van der Waals surface area (Å²) < 4.78 is 27.8. The zero-order valence-electron chi connectivity index (χ0n) is 16.0. The fourth-order valence-corrected chi connectivity index (χ4v) is 4.52. The number of aryl methyl sites for hydroxylation is 2. The van der Waals surface area contributed by atoms with Crippen molar-refractivity contribution in [3.8, 4) is 0 Å². The predicted octanol–water partition coefficient (Wildman–Crippen LogP) is 3.98. The van der Waals surface area contributed by atoms with Gasteiger partial charge in [-0.15, -0.1) is 0 Å². The van der Waals surface area contributed by atoms with Crippen LogP contribution < -0.4 is 4.72 Å². The van der Waals surface area contributed by atoms with E-state index in [9.17, 15) is 13.2 Å². The van der Waals surface area contributed by atoms with Gasteiger partial charge in [0.25, 0.3) is 15.9 Å². The third-order valence-electron chi connectivity index (χ3n) is 4.99. The number of benzene rings is 2. The zero-order chi connectivity index (χ0) is 19.6. The van der Waals surface area contributed by atoms with E-state index >= 15 is 0 Å². The standard InChI is InChI=1S/C21H26N2O3S/c1-15-6-9-19(10-7-15)27(25,26)22-20-11-8-18(13-17(20)3)21(24)23-12-4-5-16(2)14-23/h6-11,13,16,22H,4-5,12,14H2,1-3H3. The second kappa shape index (κ2) is 7.72. The van der Waals surface area contributed by atoms with E-state index in [4.69, 9.17) is 0 Å². The lowest BCUT2D eigenvalue weighted by atomic mass is 9.99. The fraction of sp³-hybridized carbons (Fsp3) is 0.381. The molecule has 1 aliphatic heterocycles.